The van der Waals surface area contributed by atoms with Gasteiger partial charge in [-0.2, -0.15) is 30.7 Å². The van der Waals surface area contributed by atoms with E-state index in [9.17, 15) is 35.1 Å². The first kappa shape index (κ1) is 14.4. The molecule has 0 spiro atoms. The van der Waals surface area contributed by atoms with Crippen molar-refractivity contribution in [1.82, 2.24) is 0 Å². The lowest BCUT2D eigenvalue weighted by atomic mass is 10.6. The molecule has 0 aliphatic carbocycles. The van der Waals surface area contributed by atoms with Gasteiger partial charge in [-0.3, -0.25) is 9.47 Å². The van der Waals surface area contributed by atoms with Gasteiger partial charge < -0.3 is 0 Å². The molecule has 0 fully saturated rings. The maximum atomic E-state index is 11.8. The third-order valence-electron chi connectivity index (χ3n) is 0.996. The standard InChI is InChI=1S/C5H4F8O2/c6-1-3(7,8)14-2-15-5(12,13)4(9,10)11/h1-2H2. The average Bonchev–Trinajstić information content (AvgIpc) is 2.01. The zero-order valence-corrected chi connectivity index (χ0v) is 6.75. The van der Waals surface area contributed by atoms with Crippen molar-refractivity contribution >= 4 is 0 Å². The van der Waals surface area contributed by atoms with Crippen molar-refractivity contribution in [1.29, 1.82) is 0 Å². The number of ether oxygens (including phenoxy) is 2. The molecule has 0 aliphatic rings. The van der Waals surface area contributed by atoms with Crippen LogP contribution in [0.15, 0.2) is 0 Å². The minimum atomic E-state index is -6.05. The summed E-state index contributed by atoms with van der Waals surface area (Å²) in [5.41, 5.74) is 0. The molecule has 0 aliphatic heterocycles. The van der Waals surface area contributed by atoms with Crippen molar-refractivity contribution in [3.8, 4) is 0 Å². The molecule has 0 amide bonds. The van der Waals surface area contributed by atoms with Crippen LogP contribution in [-0.2, 0) is 9.47 Å². The summed E-state index contributed by atoms with van der Waals surface area (Å²) in [5, 5.41) is 0. The number of halogens is 8. The van der Waals surface area contributed by atoms with Gasteiger partial charge in [0.25, 0.3) is 0 Å². The molecule has 0 aromatic carbocycles. The van der Waals surface area contributed by atoms with Crippen molar-refractivity contribution in [3.63, 3.8) is 0 Å². The predicted octanol–water partition coefficient (Wildman–Crippen LogP) is 2.69. The van der Waals surface area contributed by atoms with Gasteiger partial charge in [-0.05, 0) is 0 Å². The molecule has 10 heteroatoms. The fourth-order valence-electron chi connectivity index (χ4n) is 0.310. The highest BCUT2D eigenvalue weighted by Gasteiger charge is 2.59. The molecule has 92 valence electrons. The lowest BCUT2D eigenvalue weighted by Crippen LogP contribution is -2.40. The molecule has 15 heavy (non-hydrogen) atoms. The summed E-state index contributed by atoms with van der Waals surface area (Å²) in [7, 11) is 0. The molecule has 0 aromatic heterocycles. The van der Waals surface area contributed by atoms with Crippen LogP contribution in [0, 0.1) is 0 Å². The Hall–Kier alpha value is -0.640. The van der Waals surface area contributed by atoms with Crippen LogP contribution in [0.3, 0.4) is 0 Å². The van der Waals surface area contributed by atoms with Gasteiger partial charge in [0.2, 0.25) is 0 Å². The SMILES string of the molecule is FCC(F)(F)OCOC(F)(F)C(F)(F)F. The Balaban J connectivity index is 4.07. The molecule has 0 unspecified atom stereocenters. The highest BCUT2D eigenvalue weighted by Crippen LogP contribution is 2.36. The van der Waals surface area contributed by atoms with E-state index in [1.165, 1.54) is 0 Å². The molecular weight excluding hydrogens is 244 g/mol. The Bertz CT molecular complexity index is 200. The van der Waals surface area contributed by atoms with E-state index in [-0.39, 0.29) is 0 Å². The first-order chi connectivity index (χ1) is 6.52. The zero-order valence-electron chi connectivity index (χ0n) is 6.75. The monoisotopic (exact) mass is 248 g/mol. The second-order valence-electron chi connectivity index (χ2n) is 2.19. The summed E-state index contributed by atoms with van der Waals surface area (Å²) in [4.78, 5) is 0. The summed E-state index contributed by atoms with van der Waals surface area (Å²) in [5.74, 6) is 0. The summed E-state index contributed by atoms with van der Waals surface area (Å²) in [6.07, 6.45) is -16.1. The first-order valence-electron chi connectivity index (χ1n) is 3.18. The van der Waals surface area contributed by atoms with Crippen LogP contribution in [0.2, 0.25) is 0 Å². The lowest BCUT2D eigenvalue weighted by Gasteiger charge is -2.20. The Morgan fingerprint density at radius 3 is 1.60 bits per heavy atom. The Morgan fingerprint density at radius 2 is 1.27 bits per heavy atom. The highest BCUT2D eigenvalue weighted by molar-refractivity contribution is 4.63. The van der Waals surface area contributed by atoms with Gasteiger partial charge >= 0.3 is 18.4 Å². The molecule has 0 atom stereocenters. The molecule has 0 heterocycles. The molecule has 0 saturated carbocycles. The number of rotatable bonds is 5. The van der Waals surface area contributed by atoms with E-state index in [2.05, 4.69) is 9.47 Å². The van der Waals surface area contributed by atoms with Crippen LogP contribution in [0.25, 0.3) is 0 Å². The second kappa shape index (κ2) is 4.47. The normalized spacial score (nSPS) is 14.4. The predicted molar refractivity (Wildman–Crippen MR) is 29.0 cm³/mol. The van der Waals surface area contributed by atoms with Crippen LogP contribution in [0.1, 0.15) is 0 Å². The highest BCUT2D eigenvalue weighted by atomic mass is 19.4. The average molecular weight is 248 g/mol. The molecule has 2 nitrogen and oxygen atoms in total. The lowest BCUT2D eigenvalue weighted by molar-refractivity contribution is -0.420. The van der Waals surface area contributed by atoms with E-state index in [1.807, 2.05) is 0 Å². The van der Waals surface area contributed by atoms with Crippen LogP contribution in [0.4, 0.5) is 35.1 Å². The topological polar surface area (TPSA) is 18.5 Å². The van der Waals surface area contributed by atoms with Crippen molar-refractivity contribution < 1.29 is 44.6 Å². The molecule has 0 aromatic rings. The minimum Gasteiger partial charge on any atom is -0.291 e. The fraction of sp³-hybridized carbons (Fsp3) is 1.00. The van der Waals surface area contributed by atoms with Gasteiger partial charge in [0, 0.05) is 0 Å². The van der Waals surface area contributed by atoms with Gasteiger partial charge in [0.1, 0.15) is 0 Å². The van der Waals surface area contributed by atoms with E-state index in [4.69, 9.17) is 0 Å². The molecule has 0 N–H and O–H groups in total. The molecule has 0 radical (unpaired) electrons. The summed E-state index contributed by atoms with van der Waals surface area (Å²) in [6, 6.07) is 0. The Labute approximate surface area is 77.8 Å². The van der Waals surface area contributed by atoms with E-state index in [0.717, 1.165) is 0 Å². The number of hydrogen-bond acceptors (Lipinski definition) is 2. The second-order valence-corrected chi connectivity index (χ2v) is 2.19. The smallest absolute Gasteiger partial charge is 0.291 e. The first-order valence-corrected chi connectivity index (χ1v) is 3.18. The Kier molecular flexibility index (Phi) is 4.28. The van der Waals surface area contributed by atoms with Crippen molar-refractivity contribution in [3.05, 3.63) is 0 Å². The van der Waals surface area contributed by atoms with Crippen LogP contribution >= 0.6 is 0 Å². The number of hydrogen-bond donors (Lipinski definition) is 0. The van der Waals surface area contributed by atoms with Crippen molar-refractivity contribution in [2.24, 2.45) is 0 Å². The number of alkyl halides is 8. The Morgan fingerprint density at radius 1 is 0.800 bits per heavy atom. The quantitative estimate of drug-likeness (QED) is 0.550. The molecular formula is C5H4F8O2. The largest absolute Gasteiger partial charge is 0.483 e. The van der Waals surface area contributed by atoms with Crippen molar-refractivity contribution in [2.75, 3.05) is 13.5 Å². The van der Waals surface area contributed by atoms with E-state index in [0.29, 0.717) is 0 Å². The van der Waals surface area contributed by atoms with Crippen LogP contribution in [-0.4, -0.2) is 31.9 Å². The van der Waals surface area contributed by atoms with Gasteiger partial charge in [-0.1, -0.05) is 0 Å². The molecule has 0 rings (SSSR count). The molecule has 0 saturated heterocycles. The maximum absolute atomic E-state index is 11.8. The van der Waals surface area contributed by atoms with Crippen LogP contribution in [0.5, 0.6) is 0 Å². The minimum absolute atomic E-state index is 2.09. The zero-order chi connectivity index (χ0) is 12.3. The summed E-state index contributed by atoms with van der Waals surface area (Å²) >= 11 is 0. The maximum Gasteiger partial charge on any atom is 0.483 e. The van der Waals surface area contributed by atoms with E-state index in [1.54, 1.807) is 0 Å². The van der Waals surface area contributed by atoms with Gasteiger partial charge in [0.05, 0.1) is 0 Å². The van der Waals surface area contributed by atoms with Gasteiger partial charge in [-0.15, -0.1) is 0 Å². The van der Waals surface area contributed by atoms with Gasteiger partial charge in [0.15, 0.2) is 13.5 Å². The third kappa shape index (κ3) is 4.60. The fourth-order valence-corrected chi connectivity index (χ4v) is 0.310. The summed E-state index contributed by atoms with van der Waals surface area (Å²) < 4.78 is 98.3. The molecule has 0 bridgehead atoms. The summed E-state index contributed by atoms with van der Waals surface area (Å²) in [6.45, 7) is -4.46. The third-order valence-corrected chi connectivity index (χ3v) is 0.996. The van der Waals surface area contributed by atoms with Gasteiger partial charge in [-0.25, -0.2) is 4.39 Å². The van der Waals surface area contributed by atoms with Crippen LogP contribution < -0.4 is 0 Å². The van der Waals surface area contributed by atoms with E-state index >= 15 is 0 Å². The van der Waals surface area contributed by atoms with E-state index < -0.39 is 31.9 Å². The van der Waals surface area contributed by atoms with Crippen molar-refractivity contribution in [2.45, 2.75) is 18.4 Å².